The van der Waals surface area contributed by atoms with E-state index in [2.05, 4.69) is 15.0 Å². The number of aliphatic hydroxyl groups is 2. The largest absolute Gasteiger partial charge is 0.506 e. The van der Waals surface area contributed by atoms with E-state index in [1.54, 1.807) is 13.0 Å². The van der Waals surface area contributed by atoms with Crippen molar-refractivity contribution in [3.05, 3.63) is 34.0 Å². The lowest BCUT2D eigenvalue weighted by molar-refractivity contribution is 0.0110. The van der Waals surface area contributed by atoms with Crippen LogP contribution in [0.15, 0.2) is 17.2 Å². The third kappa shape index (κ3) is 3.60. The number of aryl methyl sites for hydroxylation is 1. The molecule has 0 aliphatic rings. The molecule has 1 aromatic heterocycles. The van der Waals surface area contributed by atoms with Gasteiger partial charge >= 0.3 is 0 Å². The topological polar surface area (TPSA) is 122 Å². The van der Waals surface area contributed by atoms with Gasteiger partial charge in [0.15, 0.2) is 0 Å². The number of rotatable bonds is 5. The molecule has 17 heavy (non-hydrogen) atoms. The highest BCUT2D eigenvalue weighted by atomic mass is 16.3. The van der Waals surface area contributed by atoms with E-state index < -0.39 is 12.2 Å². The van der Waals surface area contributed by atoms with Crippen LogP contribution in [0.4, 0.5) is 0 Å². The van der Waals surface area contributed by atoms with Crippen LogP contribution in [0.3, 0.4) is 0 Å². The molecule has 3 N–H and O–H groups in total. The molecule has 92 valence electrons. The fourth-order valence-corrected chi connectivity index (χ4v) is 1.36. The molecule has 0 radical (unpaired) electrons. The molecule has 0 bridgehead atoms. The number of azide groups is 1. The van der Waals surface area contributed by atoms with E-state index in [4.69, 9.17) is 5.53 Å². The van der Waals surface area contributed by atoms with Crippen LogP contribution in [0.5, 0.6) is 5.75 Å². The molecule has 1 heterocycles. The van der Waals surface area contributed by atoms with Gasteiger partial charge in [-0.25, -0.2) is 0 Å². The van der Waals surface area contributed by atoms with Crippen molar-refractivity contribution in [2.24, 2.45) is 5.11 Å². The molecule has 0 aliphatic carbocycles. The molecule has 0 fully saturated rings. The van der Waals surface area contributed by atoms with Gasteiger partial charge in [-0.15, -0.1) is 0 Å². The van der Waals surface area contributed by atoms with E-state index in [-0.39, 0.29) is 24.4 Å². The second-order valence-corrected chi connectivity index (χ2v) is 3.61. The highest BCUT2D eigenvalue weighted by Crippen LogP contribution is 2.25. The van der Waals surface area contributed by atoms with E-state index in [0.29, 0.717) is 5.69 Å². The van der Waals surface area contributed by atoms with Crippen LogP contribution in [0.1, 0.15) is 23.9 Å². The van der Waals surface area contributed by atoms with Crippen LogP contribution in [-0.2, 0) is 0 Å². The normalized spacial score (nSPS) is 13.8. The zero-order valence-electron chi connectivity index (χ0n) is 9.35. The Morgan fingerprint density at radius 2 is 2.18 bits per heavy atom. The standard InChI is InChI=1S/C10H14N4O3/c1-6-2-3-7(15)9(13-6)10(17)8(16)4-5-12-14-11/h2-3,8,10,15-17H,4-5H2,1H3. The summed E-state index contributed by atoms with van der Waals surface area (Å²) in [7, 11) is 0. The van der Waals surface area contributed by atoms with Gasteiger partial charge in [0.05, 0.1) is 6.10 Å². The van der Waals surface area contributed by atoms with Crippen LogP contribution < -0.4 is 0 Å². The lowest BCUT2D eigenvalue weighted by atomic mass is 10.1. The Hall–Kier alpha value is -1.82. The smallest absolute Gasteiger partial charge is 0.139 e. The summed E-state index contributed by atoms with van der Waals surface area (Å²) in [5, 5.41) is 32.2. The molecule has 0 aromatic carbocycles. The maximum atomic E-state index is 9.79. The minimum atomic E-state index is -1.30. The molecule has 0 aliphatic heterocycles. The fourth-order valence-electron chi connectivity index (χ4n) is 1.36. The maximum Gasteiger partial charge on any atom is 0.139 e. The Labute approximate surface area is 98.0 Å². The first-order valence-corrected chi connectivity index (χ1v) is 5.09. The Balaban J connectivity index is 2.76. The van der Waals surface area contributed by atoms with Gasteiger partial charge in [0.25, 0.3) is 0 Å². The number of aromatic hydroxyl groups is 1. The summed E-state index contributed by atoms with van der Waals surface area (Å²) in [4.78, 5) is 6.50. The highest BCUT2D eigenvalue weighted by molar-refractivity contribution is 5.29. The van der Waals surface area contributed by atoms with Crippen molar-refractivity contribution in [2.75, 3.05) is 6.54 Å². The third-order valence-electron chi connectivity index (χ3n) is 2.27. The van der Waals surface area contributed by atoms with Crippen molar-refractivity contribution >= 4 is 0 Å². The van der Waals surface area contributed by atoms with E-state index in [9.17, 15) is 15.3 Å². The SMILES string of the molecule is Cc1ccc(O)c(C(O)C(O)CCN=[N+]=[N-])n1. The van der Waals surface area contributed by atoms with Crippen LogP contribution in [0.2, 0.25) is 0 Å². The van der Waals surface area contributed by atoms with E-state index in [0.717, 1.165) is 0 Å². The Morgan fingerprint density at radius 1 is 1.47 bits per heavy atom. The molecule has 0 saturated carbocycles. The average molecular weight is 238 g/mol. The fraction of sp³-hybridized carbons (Fsp3) is 0.500. The summed E-state index contributed by atoms with van der Waals surface area (Å²) in [5.41, 5.74) is 8.73. The van der Waals surface area contributed by atoms with Gasteiger partial charge < -0.3 is 15.3 Å². The number of aromatic nitrogens is 1. The minimum absolute atomic E-state index is 0.0263. The molecule has 7 nitrogen and oxygen atoms in total. The molecule has 1 aromatic rings. The van der Waals surface area contributed by atoms with Gasteiger partial charge in [0.2, 0.25) is 0 Å². The summed E-state index contributed by atoms with van der Waals surface area (Å²) in [6, 6.07) is 3.00. The lowest BCUT2D eigenvalue weighted by Gasteiger charge is -2.17. The van der Waals surface area contributed by atoms with Crippen molar-refractivity contribution in [2.45, 2.75) is 25.6 Å². The molecular weight excluding hydrogens is 224 g/mol. The number of nitrogens with zero attached hydrogens (tertiary/aromatic N) is 4. The van der Waals surface area contributed by atoms with Gasteiger partial charge in [-0.2, -0.15) is 0 Å². The predicted octanol–water partition coefficient (Wildman–Crippen LogP) is 1.19. The number of pyridine rings is 1. The van der Waals surface area contributed by atoms with Gasteiger partial charge in [-0.3, -0.25) is 4.98 Å². The average Bonchev–Trinajstić information content (AvgIpc) is 2.31. The second kappa shape index (κ2) is 6.05. The van der Waals surface area contributed by atoms with E-state index in [1.807, 2.05) is 0 Å². The molecule has 2 atom stereocenters. The lowest BCUT2D eigenvalue weighted by Crippen LogP contribution is -2.20. The second-order valence-electron chi connectivity index (χ2n) is 3.61. The minimum Gasteiger partial charge on any atom is -0.506 e. The van der Waals surface area contributed by atoms with Crippen molar-refractivity contribution in [3.63, 3.8) is 0 Å². The summed E-state index contributed by atoms with van der Waals surface area (Å²) in [6.07, 6.45) is -2.34. The summed E-state index contributed by atoms with van der Waals surface area (Å²) < 4.78 is 0. The summed E-state index contributed by atoms with van der Waals surface area (Å²) in [5.74, 6) is -0.175. The van der Waals surface area contributed by atoms with E-state index in [1.165, 1.54) is 6.07 Å². The van der Waals surface area contributed by atoms with Crippen LogP contribution in [0.25, 0.3) is 10.4 Å². The zero-order chi connectivity index (χ0) is 12.8. The molecule has 2 unspecified atom stereocenters. The molecule has 0 spiro atoms. The van der Waals surface area contributed by atoms with Gasteiger partial charge in [0, 0.05) is 17.2 Å². The Morgan fingerprint density at radius 3 is 2.82 bits per heavy atom. The van der Waals surface area contributed by atoms with E-state index >= 15 is 0 Å². The summed E-state index contributed by atoms with van der Waals surface area (Å²) in [6.45, 7) is 1.78. The third-order valence-corrected chi connectivity index (χ3v) is 2.27. The van der Waals surface area contributed by atoms with Crippen molar-refractivity contribution < 1.29 is 15.3 Å². The molecule has 1 rings (SSSR count). The molecule has 0 amide bonds. The number of aliphatic hydroxyl groups excluding tert-OH is 2. The van der Waals surface area contributed by atoms with Crippen LogP contribution >= 0.6 is 0 Å². The monoisotopic (exact) mass is 238 g/mol. The van der Waals surface area contributed by atoms with Crippen molar-refractivity contribution in [1.82, 2.24) is 4.98 Å². The number of hydrogen-bond acceptors (Lipinski definition) is 5. The van der Waals surface area contributed by atoms with Gasteiger partial charge in [0.1, 0.15) is 17.5 Å². The molecule has 7 heteroatoms. The van der Waals surface area contributed by atoms with Gasteiger partial charge in [-0.1, -0.05) is 5.11 Å². The maximum absolute atomic E-state index is 9.79. The quantitative estimate of drug-likeness (QED) is 0.405. The predicted molar refractivity (Wildman–Crippen MR) is 60.2 cm³/mol. The zero-order valence-corrected chi connectivity index (χ0v) is 9.35. The van der Waals surface area contributed by atoms with Gasteiger partial charge in [-0.05, 0) is 31.0 Å². The van der Waals surface area contributed by atoms with Crippen LogP contribution in [0, 0.1) is 6.92 Å². The summed E-state index contributed by atoms with van der Waals surface area (Å²) >= 11 is 0. The number of hydrogen-bond donors (Lipinski definition) is 3. The first-order valence-electron chi connectivity index (χ1n) is 5.09. The van der Waals surface area contributed by atoms with Crippen LogP contribution in [-0.4, -0.2) is 33.0 Å². The first kappa shape index (κ1) is 13.2. The van der Waals surface area contributed by atoms with Crippen molar-refractivity contribution in [3.8, 4) is 5.75 Å². The Bertz CT molecular complexity index is 432. The first-order chi connectivity index (χ1) is 8.06. The molecular formula is C10H14N4O3. The van der Waals surface area contributed by atoms with Crippen molar-refractivity contribution in [1.29, 1.82) is 0 Å². The Kier molecular flexibility index (Phi) is 4.71. The highest BCUT2D eigenvalue weighted by Gasteiger charge is 2.22. The molecule has 0 saturated heterocycles.